The Kier molecular flexibility index (Phi) is 6.50. The standard InChI is InChI=1S/C30H31N5/c1-21-4-11-28(22(2)16-21)33-30-26(18-31)19-32-29-17-25(9-10-27(29)30)24-7-5-23(6-8-24)20-35-14-12-34(3)13-15-35/h4-11,16-17,19H,12-15,20H2,1-3H3,(H,32,33). The lowest BCUT2D eigenvalue weighted by Crippen LogP contribution is -2.43. The van der Waals surface area contributed by atoms with Crippen LogP contribution < -0.4 is 5.32 Å². The third kappa shape index (κ3) is 5.05. The molecule has 3 aromatic carbocycles. The fourth-order valence-electron chi connectivity index (χ4n) is 4.75. The second-order valence-electron chi connectivity index (χ2n) is 9.61. The summed E-state index contributed by atoms with van der Waals surface area (Å²) in [5.41, 5.74) is 9.21. The van der Waals surface area contributed by atoms with Crippen molar-refractivity contribution in [2.75, 3.05) is 38.5 Å². The Bertz CT molecular complexity index is 1390. The summed E-state index contributed by atoms with van der Waals surface area (Å²) in [6.07, 6.45) is 1.66. The van der Waals surface area contributed by atoms with Gasteiger partial charge in [0.1, 0.15) is 6.07 Å². The molecule has 35 heavy (non-hydrogen) atoms. The van der Waals surface area contributed by atoms with Crippen LogP contribution in [0.5, 0.6) is 0 Å². The molecule has 1 aromatic heterocycles. The molecule has 4 aromatic rings. The maximum Gasteiger partial charge on any atom is 0.103 e. The number of anilines is 2. The van der Waals surface area contributed by atoms with Crippen LogP contribution in [0.25, 0.3) is 22.0 Å². The predicted molar refractivity (Wildman–Crippen MR) is 144 cm³/mol. The predicted octanol–water partition coefficient (Wildman–Crippen LogP) is 5.88. The van der Waals surface area contributed by atoms with E-state index in [2.05, 4.69) is 108 Å². The smallest absolute Gasteiger partial charge is 0.103 e. The molecular formula is C30H31N5. The zero-order valence-corrected chi connectivity index (χ0v) is 20.7. The Morgan fingerprint density at radius 3 is 2.37 bits per heavy atom. The van der Waals surface area contributed by atoms with Crippen molar-refractivity contribution in [1.29, 1.82) is 5.26 Å². The topological polar surface area (TPSA) is 55.2 Å². The number of hydrogen-bond donors (Lipinski definition) is 1. The van der Waals surface area contributed by atoms with Gasteiger partial charge in [-0.3, -0.25) is 9.88 Å². The summed E-state index contributed by atoms with van der Waals surface area (Å²) in [6.45, 7) is 9.68. The fourth-order valence-corrected chi connectivity index (χ4v) is 4.75. The minimum Gasteiger partial charge on any atom is -0.354 e. The van der Waals surface area contributed by atoms with E-state index in [0.717, 1.165) is 66.1 Å². The van der Waals surface area contributed by atoms with Gasteiger partial charge in [-0.25, -0.2) is 0 Å². The number of piperazine rings is 1. The van der Waals surface area contributed by atoms with Crippen LogP contribution >= 0.6 is 0 Å². The summed E-state index contributed by atoms with van der Waals surface area (Å²) in [7, 11) is 2.19. The van der Waals surface area contributed by atoms with Crippen molar-refractivity contribution in [2.24, 2.45) is 0 Å². The third-order valence-corrected chi connectivity index (χ3v) is 6.92. The highest BCUT2D eigenvalue weighted by atomic mass is 15.2. The van der Waals surface area contributed by atoms with Gasteiger partial charge < -0.3 is 10.2 Å². The number of hydrogen-bond acceptors (Lipinski definition) is 5. The molecule has 0 bridgehead atoms. The van der Waals surface area contributed by atoms with E-state index < -0.39 is 0 Å². The molecular weight excluding hydrogens is 430 g/mol. The Morgan fingerprint density at radius 2 is 1.66 bits per heavy atom. The molecule has 0 unspecified atom stereocenters. The van der Waals surface area contributed by atoms with Gasteiger partial charge in [0.15, 0.2) is 0 Å². The lowest BCUT2D eigenvalue weighted by molar-refractivity contribution is 0.148. The Hall–Kier alpha value is -3.72. The molecule has 5 nitrogen and oxygen atoms in total. The minimum absolute atomic E-state index is 0.540. The zero-order chi connectivity index (χ0) is 24.4. The SMILES string of the molecule is Cc1ccc(Nc2c(C#N)cnc3cc(-c4ccc(CN5CCN(C)CC5)cc4)ccc23)c(C)c1. The van der Waals surface area contributed by atoms with Crippen molar-refractivity contribution >= 4 is 22.3 Å². The quantitative estimate of drug-likeness (QED) is 0.402. The van der Waals surface area contributed by atoms with E-state index in [-0.39, 0.29) is 0 Å². The molecule has 2 heterocycles. The average molecular weight is 462 g/mol. The number of pyridine rings is 1. The largest absolute Gasteiger partial charge is 0.354 e. The van der Waals surface area contributed by atoms with Crippen LogP contribution in [0.2, 0.25) is 0 Å². The van der Waals surface area contributed by atoms with Crippen molar-refractivity contribution < 1.29 is 0 Å². The van der Waals surface area contributed by atoms with E-state index >= 15 is 0 Å². The van der Waals surface area contributed by atoms with E-state index in [4.69, 9.17) is 0 Å². The van der Waals surface area contributed by atoms with Crippen LogP contribution in [-0.2, 0) is 6.54 Å². The second-order valence-corrected chi connectivity index (χ2v) is 9.61. The zero-order valence-electron chi connectivity index (χ0n) is 20.7. The number of benzene rings is 3. The average Bonchev–Trinajstić information content (AvgIpc) is 2.87. The highest BCUT2D eigenvalue weighted by Gasteiger charge is 2.14. The highest BCUT2D eigenvalue weighted by molar-refractivity contribution is 5.97. The number of nitrogens with one attached hydrogen (secondary N) is 1. The van der Waals surface area contributed by atoms with Crippen molar-refractivity contribution in [3.05, 3.63) is 89.1 Å². The number of aromatic nitrogens is 1. The van der Waals surface area contributed by atoms with E-state index in [0.29, 0.717) is 5.56 Å². The molecule has 0 aliphatic carbocycles. The number of fused-ring (bicyclic) bond motifs is 1. The van der Waals surface area contributed by atoms with Crippen LogP contribution in [-0.4, -0.2) is 48.0 Å². The van der Waals surface area contributed by atoms with Crippen LogP contribution in [0.3, 0.4) is 0 Å². The first-order valence-corrected chi connectivity index (χ1v) is 12.2. The van der Waals surface area contributed by atoms with Crippen molar-refractivity contribution in [3.63, 3.8) is 0 Å². The molecule has 0 saturated carbocycles. The molecule has 1 fully saturated rings. The molecule has 0 atom stereocenters. The van der Waals surface area contributed by atoms with Crippen LogP contribution in [0, 0.1) is 25.2 Å². The minimum atomic E-state index is 0.540. The molecule has 0 radical (unpaired) electrons. The number of nitrogens with zero attached hydrogens (tertiary/aromatic N) is 4. The van der Waals surface area contributed by atoms with E-state index in [9.17, 15) is 5.26 Å². The van der Waals surface area contributed by atoms with Gasteiger partial charge in [-0.1, -0.05) is 54.1 Å². The molecule has 5 heteroatoms. The molecule has 0 amide bonds. The first kappa shape index (κ1) is 23.0. The Morgan fingerprint density at radius 1 is 0.914 bits per heavy atom. The van der Waals surface area contributed by atoms with Gasteiger partial charge in [0.2, 0.25) is 0 Å². The summed E-state index contributed by atoms with van der Waals surface area (Å²) in [5.74, 6) is 0. The molecule has 1 saturated heterocycles. The van der Waals surface area contributed by atoms with E-state index in [1.165, 1.54) is 16.7 Å². The van der Waals surface area contributed by atoms with Crippen LogP contribution in [0.4, 0.5) is 11.4 Å². The van der Waals surface area contributed by atoms with Gasteiger partial charge in [-0.15, -0.1) is 0 Å². The summed E-state index contributed by atoms with van der Waals surface area (Å²) in [6, 6.07) is 23.7. The van der Waals surface area contributed by atoms with Gasteiger partial charge in [-0.2, -0.15) is 5.26 Å². The monoisotopic (exact) mass is 461 g/mol. The molecule has 5 rings (SSSR count). The first-order valence-electron chi connectivity index (χ1n) is 12.2. The molecule has 1 N–H and O–H groups in total. The Balaban J connectivity index is 1.41. The first-order chi connectivity index (χ1) is 17.0. The number of nitriles is 1. The van der Waals surface area contributed by atoms with Crippen LogP contribution in [0.1, 0.15) is 22.3 Å². The summed E-state index contributed by atoms with van der Waals surface area (Å²) in [4.78, 5) is 9.51. The maximum atomic E-state index is 9.72. The number of rotatable bonds is 5. The molecule has 1 aliphatic rings. The highest BCUT2D eigenvalue weighted by Crippen LogP contribution is 2.33. The van der Waals surface area contributed by atoms with Gasteiger partial charge in [0.25, 0.3) is 0 Å². The van der Waals surface area contributed by atoms with Gasteiger partial charge >= 0.3 is 0 Å². The molecule has 1 aliphatic heterocycles. The van der Waals surface area contributed by atoms with Gasteiger partial charge in [0, 0.05) is 50.0 Å². The Labute approximate surface area is 207 Å². The molecule has 176 valence electrons. The van der Waals surface area contributed by atoms with Crippen molar-refractivity contribution in [2.45, 2.75) is 20.4 Å². The fraction of sp³-hybridized carbons (Fsp3) is 0.267. The van der Waals surface area contributed by atoms with Gasteiger partial charge in [0.05, 0.1) is 16.8 Å². The number of aryl methyl sites for hydroxylation is 2. The van der Waals surface area contributed by atoms with Crippen molar-refractivity contribution in [1.82, 2.24) is 14.8 Å². The number of likely N-dealkylation sites (N-methyl/N-ethyl adjacent to an activating group) is 1. The lowest BCUT2D eigenvalue weighted by atomic mass is 10.0. The summed E-state index contributed by atoms with van der Waals surface area (Å²) >= 11 is 0. The third-order valence-electron chi connectivity index (χ3n) is 6.92. The van der Waals surface area contributed by atoms with E-state index in [1.54, 1.807) is 6.20 Å². The normalized spacial score (nSPS) is 14.7. The second kappa shape index (κ2) is 9.87. The molecule has 0 spiro atoms. The van der Waals surface area contributed by atoms with E-state index in [1.807, 2.05) is 0 Å². The maximum absolute atomic E-state index is 9.72. The van der Waals surface area contributed by atoms with Gasteiger partial charge in [-0.05, 0) is 55.3 Å². The van der Waals surface area contributed by atoms with Crippen molar-refractivity contribution in [3.8, 4) is 17.2 Å². The van der Waals surface area contributed by atoms with Crippen LogP contribution in [0.15, 0.2) is 66.9 Å². The summed E-state index contributed by atoms with van der Waals surface area (Å²) in [5, 5.41) is 14.2. The summed E-state index contributed by atoms with van der Waals surface area (Å²) < 4.78 is 0. The lowest BCUT2D eigenvalue weighted by Gasteiger charge is -2.32.